The fourth-order valence-corrected chi connectivity index (χ4v) is 3.39. The minimum atomic E-state index is -0.945. The standard InChI is InChI=1S/C17H21N3O4S2/c1-11(16(23)19-13-6-4-12(5-7-13)15(18)22)24-14(21)10-26-17(25)20-8-2-3-9-20/h4-7,11H,2-3,8-10H2,1H3,(H2,18,22)(H,19,23)/t11-/m1/s1. The number of rotatable bonds is 6. The second kappa shape index (κ2) is 9.54. The molecule has 1 fully saturated rings. The Bertz CT molecular complexity index is 688. The lowest BCUT2D eigenvalue weighted by Crippen LogP contribution is -2.31. The number of hydrogen-bond donors (Lipinski definition) is 2. The van der Waals surface area contributed by atoms with Gasteiger partial charge in [-0.1, -0.05) is 24.0 Å². The third-order valence-corrected chi connectivity index (χ3v) is 5.29. The van der Waals surface area contributed by atoms with E-state index in [1.54, 1.807) is 12.1 Å². The molecule has 26 heavy (non-hydrogen) atoms. The summed E-state index contributed by atoms with van der Waals surface area (Å²) in [6, 6.07) is 6.11. The lowest BCUT2D eigenvalue weighted by molar-refractivity contribution is -0.150. The Kier molecular flexibility index (Phi) is 7.40. The molecule has 2 rings (SSSR count). The maximum atomic E-state index is 12.1. The number of anilines is 1. The number of thioether (sulfide) groups is 1. The van der Waals surface area contributed by atoms with Crippen LogP contribution in [0, 0.1) is 0 Å². The van der Waals surface area contributed by atoms with Crippen LogP contribution in [0.5, 0.6) is 0 Å². The Morgan fingerprint density at radius 3 is 2.46 bits per heavy atom. The second-order valence-electron chi connectivity index (χ2n) is 5.81. The van der Waals surface area contributed by atoms with Gasteiger partial charge in [0.25, 0.3) is 5.91 Å². The Morgan fingerprint density at radius 2 is 1.88 bits per heavy atom. The first kappa shape index (κ1) is 20.2. The smallest absolute Gasteiger partial charge is 0.317 e. The number of ether oxygens (including phenoxy) is 1. The molecule has 1 heterocycles. The average Bonchev–Trinajstić information content (AvgIpc) is 3.14. The molecule has 1 aliphatic rings. The van der Waals surface area contributed by atoms with Crippen LogP contribution in [0.1, 0.15) is 30.1 Å². The van der Waals surface area contributed by atoms with Gasteiger partial charge >= 0.3 is 5.97 Å². The molecule has 1 aliphatic heterocycles. The topological polar surface area (TPSA) is 102 Å². The second-order valence-corrected chi connectivity index (χ2v) is 7.42. The molecule has 1 atom stereocenters. The summed E-state index contributed by atoms with van der Waals surface area (Å²) in [4.78, 5) is 37.1. The van der Waals surface area contributed by atoms with Crippen LogP contribution in [0.4, 0.5) is 5.69 Å². The van der Waals surface area contributed by atoms with Crippen LogP contribution < -0.4 is 11.1 Å². The van der Waals surface area contributed by atoms with Crippen molar-refractivity contribution in [3.8, 4) is 0 Å². The van der Waals surface area contributed by atoms with Gasteiger partial charge in [0.15, 0.2) is 6.10 Å². The first-order valence-corrected chi connectivity index (χ1v) is 9.58. The van der Waals surface area contributed by atoms with E-state index in [1.165, 1.54) is 30.8 Å². The molecule has 0 aromatic heterocycles. The molecule has 0 radical (unpaired) electrons. The lowest BCUT2D eigenvalue weighted by Gasteiger charge is -2.18. The molecule has 0 bridgehead atoms. The Balaban J connectivity index is 1.75. The number of carbonyl (C=O) groups excluding carboxylic acids is 3. The number of likely N-dealkylation sites (tertiary alicyclic amines) is 1. The minimum absolute atomic E-state index is 0.0697. The number of thiocarbonyl (C=S) groups is 1. The summed E-state index contributed by atoms with van der Waals surface area (Å²) < 4.78 is 5.82. The number of nitrogens with two attached hydrogens (primary N) is 1. The highest BCUT2D eigenvalue weighted by atomic mass is 32.2. The van der Waals surface area contributed by atoms with Crippen LogP contribution in [0.2, 0.25) is 0 Å². The predicted octanol–water partition coefficient (Wildman–Crippen LogP) is 1.77. The largest absolute Gasteiger partial charge is 0.452 e. The maximum absolute atomic E-state index is 12.1. The number of esters is 1. The van der Waals surface area contributed by atoms with E-state index in [4.69, 9.17) is 22.7 Å². The van der Waals surface area contributed by atoms with Gasteiger partial charge in [-0.15, -0.1) is 0 Å². The molecule has 0 aliphatic carbocycles. The summed E-state index contributed by atoms with van der Waals surface area (Å²) in [6.07, 6.45) is 1.28. The molecule has 0 spiro atoms. The molecule has 2 amide bonds. The highest BCUT2D eigenvalue weighted by molar-refractivity contribution is 8.23. The average molecular weight is 396 g/mol. The maximum Gasteiger partial charge on any atom is 0.317 e. The number of carbonyl (C=O) groups is 3. The summed E-state index contributed by atoms with van der Waals surface area (Å²) in [5, 5.41) is 2.61. The van der Waals surface area contributed by atoms with Crippen LogP contribution in [-0.2, 0) is 14.3 Å². The Labute approximate surface area is 161 Å². The third-order valence-electron chi connectivity index (χ3n) is 3.79. The molecule has 9 heteroatoms. The van der Waals surface area contributed by atoms with Gasteiger partial charge < -0.3 is 20.7 Å². The van der Waals surface area contributed by atoms with Crippen LogP contribution in [0.25, 0.3) is 0 Å². The van der Waals surface area contributed by atoms with Crippen molar-refractivity contribution >= 4 is 51.8 Å². The highest BCUT2D eigenvalue weighted by Gasteiger charge is 2.20. The number of hydrogen-bond acceptors (Lipinski definition) is 6. The van der Waals surface area contributed by atoms with Crippen molar-refractivity contribution in [2.24, 2.45) is 5.73 Å². The van der Waals surface area contributed by atoms with E-state index in [9.17, 15) is 14.4 Å². The number of nitrogens with one attached hydrogen (secondary N) is 1. The number of primary amides is 1. The molecule has 3 N–H and O–H groups in total. The van der Waals surface area contributed by atoms with Gasteiger partial charge in [0.2, 0.25) is 5.91 Å². The zero-order valence-electron chi connectivity index (χ0n) is 14.4. The fourth-order valence-electron chi connectivity index (χ4n) is 2.36. The van der Waals surface area contributed by atoms with Gasteiger partial charge in [-0.05, 0) is 44.0 Å². The molecule has 7 nitrogen and oxygen atoms in total. The molecular weight excluding hydrogens is 374 g/mol. The van der Waals surface area contributed by atoms with E-state index < -0.39 is 23.9 Å². The quantitative estimate of drug-likeness (QED) is 0.559. The van der Waals surface area contributed by atoms with Crippen LogP contribution >= 0.6 is 24.0 Å². The SMILES string of the molecule is C[C@@H](OC(=O)CSC(=S)N1CCCC1)C(=O)Nc1ccc(C(N)=O)cc1. The van der Waals surface area contributed by atoms with Crippen molar-refractivity contribution < 1.29 is 19.1 Å². The van der Waals surface area contributed by atoms with E-state index in [2.05, 4.69) is 10.2 Å². The van der Waals surface area contributed by atoms with Gasteiger partial charge in [-0.3, -0.25) is 14.4 Å². The van der Waals surface area contributed by atoms with Gasteiger partial charge in [-0.2, -0.15) is 0 Å². The number of benzene rings is 1. The summed E-state index contributed by atoms with van der Waals surface area (Å²) in [5.41, 5.74) is 5.98. The molecule has 140 valence electrons. The highest BCUT2D eigenvalue weighted by Crippen LogP contribution is 2.16. The molecular formula is C17H21N3O4S2. The van der Waals surface area contributed by atoms with Crippen molar-refractivity contribution in [3.63, 3.8) is 0 Å². The van der Waals surface area contributed by atoms with Crippen molar-refractivity contribution in [2.45, 2.75) is 25.9 Å². The summed E-state index contributed by atoms with van der Waals surface area (Å²) in [5.74, 6) is -1.43. The van der Waals surface area contributed by atoms with Crippen molar-refractivity contribution in [1.29, 1.82) is 0 Å². The van der Waals surface area contributed by atoms with Gasteiger partial charge in [0.05, 0.1) is 5.75 Å². The zero-order valence-corrected chi connectivity index (χ0v) is 16.0. The van der Waals surface area contributed by atoms with Crippen LogP contribution in [-0.4, -0.2) is 52.0 Å². The molecule has 1 aromatic rings. The summed E-state index contributed by atoms with van der Waals surface area (Å²) in [6.45, 7) is 3.34. The first-order valence-electron chi connectivity index (χ1n) is 8.18. The Morgan fingerprint density at radius 1 is 1.27 bits per heavy atom. The minimum Gasteiger partial charge on any atom is -0.452 e. The van der Waals surface area contributed by atoms with Crippen LogP contribution in [0.15, 0.2) is 24.3 Å². The first-order chi connectivity index (χ1) is 12.4. The zero-order chi connectivity index (χ0) is 19.1. The van der Waals surface area contributed by atoms with E-state index in [0.717, 1.165) is 25.9 Å². The van der Waals surface area contributed by atoms with Crippen molar-refractivity contribution in [1.82, 2.24) is 4.90 Å². The van der Waals surface area contributed by atoms with Crippen LogP contribution in [0.3, 0.4) is 0 Å². The summed E-state index contributed by atoms with van der Waals surface area (Å²) >= 11 is 6.53. The molecule has 0 saturated carbocycles. The molecule has 0 unspecified atom stereocenters. The summed E-state index contributed by atoms with van der Waals surface area (Å²) in [7, 11) is 0. The van der Waals surface area contributed by atoms with E-state index in [-0.39, 0.29) is 5.75 Å². The normalized spacial score (nSPS) is 14.6. The van der Waals surface area contributed by atoms with Gasteiger partial charge in [0.1, 0.15) is 4.32 Å². The van der Waals surface area contributed by atoms with E-state index in [1.807, 2.05) is 0 Å². The number of amides is 2. The van der Waals surface area contributed by atoms with Crippen molar-refractivity contribution in [2.75, 3.05) is 24.2 Å². The molecule has 1 aromatic carbocycles. The monoisotopic (exact) mass is 395 g/mol. The van der Waals surface area contributed by atoms with Gasteiger partial charge in [0, 0.05) is 24.3 Å². The fraction of sp³-hybridized carbons (Fsp3) is 0.412. The third kappa shape index (κ3) is 5.99. The number of nitrogens with zero attached hydrogens (tertiary/aromatic N) is 1. The lowest BCUT2D eigenvalue weighted by atomic mass is 10.2. The van der Waals surface area contributed by atoms with Crippen molar-refractivity contribution in [3.05, 3.63) is 29.8 Å². The van der Waals surface area contributed by atoms with Gasteiger partial charge in [-0.25, -0.2) is 0 Å². The van der Waals surface area contributed by atoms with E-state index >= 15 is 0 Å². The Hall–Kier alpha value is -2.13. The molecule has 1 saturated heterocycles. The predicted molar refractivity (Wildman–Crippen MR) is 105 cm³/mol. The van der Waals surface area contributed by atoms with E-state index in [0.29, 0.717) is 15.6 Å².